The molecule has 1 aliphatic heterocycles. The zero-order chi connectivity index (χ0) is 21.9. The molecule has 0 radical (unpaired) electrons. The van der Waals surface area contributed by atoms with E-state index in [1.165, 1.54) is 16.4 Å². The maximum Gasteiger partial charge on any atom is 0.244 e. The molecule has 158 valence electrons. The summed E-state index contributed by atoms with van der Waals surface area (Å²) in [4.78, 5) is 14.5. The van der Waals surface area contributed by atoms with E-state index >= 15 is 0 Å². The van der Waals surface area contributed by atoms with Crippen molar-refractivity contribution in [1.82, 2.24) is 9.21 Å². The molecule has 0 saturated carbocycles. The van der Waals surface area contributed by atoms with Gasteiger partial charge in [-0.3, -0.25) is 9.69 Å². The zero-order valence-corrected chi connectivity index (χ0v) is 18.5. The number of carbonyl (C=O) groups is 1. The van der Waals surface area contributed by atoms with Crippen molar-refractivity contribution in [2.24, 2.45) is 0 Å². The Bertz CT molecular complexity index is 1090. The molecule has 7 nitrogen and oxygen atoms in total. The normalized spacial score (nSPS) is 16.6. The fourth-order valence-corrected chi connectivity index (χ4v) is 5.15. The van der Waals surface area contributed by atoms with Gasteiger partial charge in [-0.25, -0.2) is 8.42 Å². The van der Waals surface area contributed by atoms with E-state index in [4.69, 9.17) is 23.2 Å². The molecule has 2 aromatic carbocycles. The molecule has 1 atom stereocenters. The van der Waals surface area contributed by atoms with E-state index in [-0.39, 0.29) is 29.5 Å². The largest absolute Gasteiger partial charge is 0.323 e. The van der Waals surface area contributed by atoms with Gasteiger partial charge in [-0.2, -0.15) is 9.57 Å². The van der Waals surface area contributed by atoms with Crippen molar-refractivity contribution in [2.75, 3.05) is 31.5 Å². The van der Waals surface area contributed by atoms with Crippen molar-refractivity contribution in [3.8, 4) is 6.07 Å². The van der Waals surface area contributed by atoms with Crippen LogP contribution in [-0.4, -0.2) is 55.8 Å². The number of hydrogen-bond acceptors (Lipinski definition) is 5. The highest BCUT2D eigenvalue weighted by Crippen LogP contribution is 2.26. The van der Waals surface area contributed by atoms with Crippen molar-refractivity contribution >= 4 is 44.8 Å². The van der Waals surface area contributed by atoms with Gasteiger partial charge in [-0.1, -0.05) is 35.3 Å². The van der Waals surface area contributed by atoms with Crippen LogP contribution < -0.4 is 5.32 Å². The Morgan fingerprint density at radius 1 is 1.13 bits per heavy atom. The van der Waals surface area contributed by atoms with Crippen LogP contribution in [0.2, 0.25) is 10.0 Å². The average molecular weight is 467 g/mol. The summed E-state index contributed by atoms with van der Waals surface area (Å²) in [5.74, 6) is -0.259. The van der Waals surface area contributed by atoms with Gasteiger partial charge in [-0.05, 0) is 37.3 Å². The first-order valence-electron chi connectivity index (χ1n) is 9.23. The van der Waals surface area contributed by atoms with Gasteiger partial charge in [0, 0.05) is 31.2 Å². The van der Waals surface area contributed by atoms with E-state index in [0.717, 1.165) is 0 Å². The minimum Gasteiger partial charge on any atom is -0.323 e. The Labute approximate surface area is 185 Å². The van der Waals surface area contributed by atoms with Crippen LogP contribution in [0.5, 0.6) is 0 Å². The van der Waals surface area contributed by atoms with Gasteiger partial charge in [0.1, 0.15) is 6.07 Å². The molecule has 1 fully saturated rings. The molecule has 10 heteroatoms. The van der Waals surface area contributed by atoms with Crippen molar-refractivity contribution in [2.45, 2.75) is 17.9 Å². The van der Waals surface area contributed by atoms with E-state index in [9.17, 15) is 18.5 Å². The molecule has 30 heavy (non-hydrogen) atoms. The average Bonchev–Trinajstić information content (AvgIpc) is 2.75. The Kier molecular flexibility index (Phi) is 7.01. The molecule has 3 rings (SSSR count). The van der Waals surface area contributed by atoms with Gasteiger partial charge < -0.3 is 5.32 Å². The molecule has 2 aromatic rings. The SMILES string of the molecule is CC(C(=O)Nc1cc(Cl)ccc1Cl)N1CCN(S(=O)(=O)c2ccccc2C#N)CC1. The van der Waals surface area contributed by atoms with Crippen LogP contribution in [0, 0.1) is 11.3 Å². The quantitative estimate of drug-likeness (QED) is 0.729. The topological polar surface area (TPSA) is 93.5 Å². The Morgan fingerprint density at radius 2 is 1.80 bits per heavy atom. The fourth-order valence-electron chi connectivity index (χ4n) is 3.25. The molecule has 0 aromatic heterocycles. The summed E-state index contributed by atoms with van der Waals surface area (Å²) in [5.41, 5.74) is 0.543. The minimum absolute atomic E-state index is 0.00217. The molecule has 1 aliphatic rings. The summed E-state index contributed by atoms with van der Waals surface area (Å²) in [7, 11) is -3.78. The Balaban J connectivity index is 1.65. The third-order valence-corrected chi connectivity index (χ3v) is 7.53. The number of nitriles is 1. The number of anilines is 1. The lowest BCUT2D eigenvalue weighted by Gasteiger charge is -2.36. The fraction of sp³-hybridized carbons (Fsp3) is 0.300. The van der Waals surface area contributed by atoms with Crippen molar-refractivity contribution in [3.63, 3.8) is 0 Å². The lowest BCUT2D eigenvalue weighted by atomic mass is 10.2. The summed E-state index contributed by atoms with van der Waals surface area (Å²) in [5, 5.41) is 12.8. The molecule has 0 bridgehead atoms. The predicted molar refractivity (Wildman–Crippen MR) is 116 cm³/mol. The lowest BCUT2D eigenvalue weighted by Crippen LogP contribution is -2.54. The third kappa shape index (κ3) is 4.77. The predicted octanol–water partition coefficient (Wildman–Crippen LogP) is 3.20. The number of nitrogens with one attached hydrogen (secondary N) is 1. The van der Waals surface area contributed by atoms with Crippen LogP contribution in [-0.2, 0) is 14.8 Å². The summed E-state index contributed by atoms with van der Waals surface area (Å²) in [6.45, 7) is 2.95. The van der Waals surface area contributed by atoms with Gasteiger partial charge in [0.05, 0.1) is 27.2 Å². The third-order valence-electron chi connectivity index (χ3n) is 5.01. The van der Waals surface area contributed by atoms with Crippen LogP contribution in [0.25, 0.3) is 0 Å². The van der Waals surface area contributed by atoms with E-state index in [1.54, 1.807) is 37.3 Å². The van der Waals surface area contributed by atoms with Gasteiger partial charge in [-0.15, -0.1) is 0 Å². The molecule has 1 unspecified atom stereocenters. The highest BCUT2D eigenvalue weighted by Gasteiger charge is 2.33. The highest BCUT2D eigenvalue weighted by molar-refractivity contribution is 7.89. The molecule has 1 amide bonds. The van der Waals surface area contributed by atoms with Gasteiger partial charge in [0.25, 0.3) is 0 Å². The summed E-state index contributed by atoms with van der Waals surface area (Å²) >= 11 is 12.1. The standard InChI is InChI=1S/C20H20Cl2N4O3S/c1-14(20(27)24-18-12-16(21)6-7-17(18)22)25-8-10-26(11-9-25)30(28,29)19-5-3-2-4-15(19)13-23/h2-7,12,14H,8-11H2,1H3,(H,24,27). The lowest BCUT2D eigenvalue weighted by molar-refractivity contribution is -0.121. The summed E-state index contributed by atoms with van der Waals surface area (Å²) in [6, 6.07) is 12.4. The van der Waals surface area contributed by atoms with Crippen LogP contribution in [0.3, 0.4) is 0 Å². The second kappa shape index (κ2) is 9.33. The number of piperazine rings is 1. The summed E-state index contributed by atoms with van der Waals surface area (Å²) < 4.78 is 27.2. The minimum atomic E-state index is -3.78. The number of sulfonamides is 1. The second-order valence-electron chi connectivity index (χ2n) is 6.84. The number of nitrogens with zero attached hydrogens (tertiary/aromatic N) is 3. The maximum atomic E-state index is 12.9. The van der Waals surface area contributed by atoms with Crippen LogP contribution in [0.15, 0.2) is 47.4 Å². The van der Waals surface area contributed by atoms with Crippen molar-refractivity contribution in [3.05, 3.63) is 58.1 Å². The zero-order valence-electron chi connectivity index (χ0n) is 16.2. The Hall–Kier alpha value is -2.15. The monoisotopic (exact) mass is 466 g/mol. The summed E-state index contributed by atoms with van der Waals surface area (Å²) in [6.07, 6.45) is 0. The molecule has 0 spiro atoms. The number of rotatable bonds is 5. The van der Waals surface area contributed by atoms with Gasteiger partial charge >= 0.3 is 0 Å². The Morgan fingerprint density at radius 3 is 2.47 bits per heavy atom. The molecular weight excluding hydrogens is 447 g/mol. The van der Waals surface area contributed by atoms with Gasteiger partial charge in [0.2, 0.25) is 15.9 Å². The first-order chi connectivity index (χ1) is 14.2. The first kappa shape index (κ1) is 22.5. The molecule has 1 saturated heterocycles. The van der Waals surface area contributed by atoms with Gasteiger partial charge in [0.15, 0.2) is 0 Å². The molecule has 0 aliphatic carbocycles. The number of amides is 1. The molecular formula is C20H20Cl2N4O3S. The smallest absolute Gasteiger partial charge is 0.244 e. The van der Waals surface area contributed by atoms with Crippen molar-refractivity contribution < 1.29 is 13.2 Å². The van der Waals surface area contributed by atoms with E-state index in [2.05, 4.69) is 5.32 Å². The molecule has 1 heterocycles. The maximum absolute atomic E-state index is 12.9. The van der Waals surface area contributed by atoms with E-state index in [0.29, 0.717) is 28.8 Å². The number of halogens is 2. The number of benzene rings is 2. The second-order valence-corrected chi connectivity index (χ2v) is 9.59. The van der Waals surface area contributed by atoms with E-state index in [1.807, 2.05) is 11.0 Å². The molecule has 1 N–H and O–H groups in total. The van der Waals surface area contributed by atoms with Crippen LogP contribution in [0.4, 0.5) is 5.69 Å². The van der Waals surface area contributed by atoms with E-state index < -0.39 is 16.1 Å². The van der Waals surface area contributed by atoms with Crippen LogP contribution in [0.1, 0.15) is 12.5 Å². The van der Waals surface area contributed by atoms with Crippen molar-refractivity contribution in [1.29, 1.82) is 5.26 Å². The number of hydrogen-bond donors (Lipinski definition) is 1. The first-order valence-corrected chi connectivity index (χ1v) is 11.4. The number of carbonyl (C=O) groups excluding carboxylic acids is 1. The van der Waals surface area contributed by atoms with Crippen LogP contribution >= 0.6 is 23.2 Å². The highest BCUT2D eigenvalue weighted by atomic mass is 35.5.